The molecule has 0 aromatic heterocycles. The maximum absolute atomic E-state index is 11.8. The topological polar surface area (TPSA) is 52.6 Å². The Bertz CT molecular complexity index is 249. The lowest BCUT2D eigenvalue weighted by molar-refractivity contribution is -0.166. The van der Waals surface area contributed by atoms with Crippen LogP contribution < -0.4 is 0 Å². The van der Waals surface area contributed by atoms with Gasteiger partial charge in [-0.15, -0.1) is 0 Å². The highest BCUT2D eigenvalue weighted by Crippen LogP contribution is 2.28. The monoisotopic (exact) mass is 214 g/mol. The van der Waals surface area contributed by atoms with Crippen molar-refractivity contribution in [3.63, 3.8) is 0 Å². The molecule has 0 amide bonds. The molecule has 1 atom stereocenters. The molecule has 1 heterocycles. The summed E-state index contributed by atoms with van der Waals surface area (Å²) in [7, 11) is 0. The van der Waals surface area contributed by atoms with Gasteiger partial charge >= 0.3 is 5.97 Å². The Balaban J connectivity index is 2.66. The SMILES string of the molecule is CCOC(=O)CC1(CC)OCCCC1=O. The summed E-state index contributed by atoms with van der Waals surface area (Å²) in [5, 5.41) is 0. The number of Topliss-reactive ketones (excluding diaryl/α,β-unsaturated/α-hetero) is 1. The highest BCUT2D eigenvalue weighted by molar-refractivity contribution is 5.91. The number of esters is 1. The Labute approximate surface area is 89.9 Å². The molecule has 1 unspecified atom stereocenters. The summed E-state index contributed by atoms with van der Waals surface area (Å²) in [6, 6.07) is 0. The highest BCUT2D eigenvalue weighted by atomic mass is 16.5. The van der Waals surface area contributed by atoms with Crippen molar-refractivity contribution in [1.82, 2.24) is 0 Å². The summed E-state index contributed by atoms with van der Waals surface area (Å²) in [6.45, 7) is 4.51. The van der Waals surface area contributed by atoms with Gasteiger partial charge in [0.05, 0.1) is 13.0 Å². The fourth-order valence-corrected chi connectivity index (χ4v) is 1.83. The molecule has 1 fully saturated rings. The second-order valence-corrected chi connectivity index (χ2v) is 3.70. The van der Waals surface area contributed by atoms with E-state index < -0.39 is 5.60 Å². The first-order valence-corrected chi connectivity index (χ1v) is 5.47. The van der Waals surface area contributed by atoms with Crippen molar-refractivity contribution in [2.75, 3.05) is 13.2 Å². The van der Waals surface area contributed by atoms with E-state index in [4.69, 9.17) is 9.47 Å². The molecular formula is C11H18O4. The summed E-state index contributed by atoms with van der Waals surface area (Å²) in [5.41, 5.74) is -0.912. The smallest absolute Gasteiger partial charge is 0.309 e. The normalized spacial score (nSPS) is 26.4. The van der Waals surface area contributed by atoms with Crippen LogP contribution in [0.3, 0.4) is 0 Å². The predicted octanol–water partition coefficient (Wildman–Crippen LogP) is 1.47. The van der Waals surface area contributed by atoms with E-state index in [0.29, 0.717) is 26.1 Å². The largest absolute Gasteiger partial charge is 0.466 e. The van der Waals surface area contributed by atoms with Gasteiger partial charge in [0.2, 0.25) is 0 Å². The van der Waals surface area contributed by atoms with E-state index >= 15 is 0 Å². The molecule has 86 valence electrons. The molecule has 0 saturated carbocycles. The van der Waals surface area contributed by atoms with Gasteiger partial charge in [-0.05, 0) is 19.8 Å². The van der Waals surface area contributed by atoms with Crippen molar-refractivity contribution < 1.29 is 19.1 Å². The van der Waals surface area contributed by atoms with Gasteiger partial charge in [0.15, 0.2) is 5.78 Å². The molecule has 1 aliphatic rings. The quantitative estimate of drug-likeness (QED) is 0.665. The van der Waals surface area contributed by atoms with Crippen LogP contribution in [0.1, 0.15) is 39.5 Å². The van der Waals surface area contributed by atoms with E-state index in [-0.39, 0.29) is 18.2 Å². The second-order valence-electron chi connectivity index (χ2n) is 3.70. The fourth-order valence-electron chi connectivity index (χ4n) is 1.83. The summed E-state index contributed by atoms with van der Waals surface area (Å²) < 4.78 is 10.3. The van der Waals surface area contributed by atoms with Crippen molar-refractivity contribution in [2.24, 2.45) is 0 Å². The van der Waals surface area contributed by atoms with E-state index in [9.17, 15) is 9.59 Å². The third-order valence-corrected chi connectivity index (χ3v) is 2.74. The van der Waals surface area contributed by atoms with E-state index in [1.54, 1.807) is 6.92 Å². The van der Waals surface area contributed by atoms with Crippen LogP contribution in [0.2, 0.25) is 0 Å². The van der Waals surface area contributed by atoms with Crippen LogP contribution in [0.5, 0.6) is 0 Å². The lowest BCUT2D eigenvalue weighted by Gasteiger charge is -2.34. The molecule has 1 saturated heterocycles. The van der Waals surface area contributed by atoms with Crippen LogP contribution in [0.25, 0.3) is 0 Å². The second kappa shape index (κ2) is 5.26. The number of rotatable bonds is 4. The minimum absolute atomic E-state index is 0.0318. The van der Waals surface area contributed by atoms with Crippen molar-refractivity contribution in [2.45, 2.75) is 45.1 Å². The first-order chi connectivity index (χ1) is 7.14. The molecule has 15 heavy (non-hydrogen) atoms. The van der Waals surface area contributed by atoms with E-state index in [1.165, 1.54) is 0 Å². The number of carbonyl (C=O) groups is 2. The average molecular weight is 214 g/mol. The van der Waals surface area contributed by atoms with Gasteiger partial charge in [-0.3, -0.25) is 9.59 Å². The third-order valence-electron chi connectivity index (χ3n) is 2.74. The summed E-state index contributed by atoms with van der Waals surface area (Å²) in [5.74, 6) is -0.320. The zero-order chi connectivity index (χ0) is 11.3. The van der Waals surface area contributed by atoms with Crippen molar-refractivity contribution in [3.05, 3.63) is 0 Å². The summed E-state index contributed by atoms with van der Waals surface area (Å²) in [4.78, 5) is 23.1. The molecule has 4 nitrogen and oxygen atoms in total. The Morgan fingerprint density at radius 3 is 2.80 bits per heavy atom. The maximum Gasteiger partial charge on any atom is 0.309 e. The Morgan fingerprint density at radius 2 is 2.27 bits per heavy atom. The van der Waals surface area contributed by atoms with Gasteiger partial charge in [-0.25, -0.2) is 0 Å². The van der Waals surface area contributed by atoms with Gasteiger partial charge in [-0.1, -0.05) is 6.92 Å². The van der Waals surface area contributed by atoms with Crippen molar-refractivity contribution >= 4 is 11.8 Å². The molecule has 0 spiro atoms. The van der Waals surface area contributed by atoms with E-state index in [2.05, 4.69) is 0 Å². The van der Waals surface area contributed by atoms with Crippen LogP contribution in [-0.2, 0) is 19.1 Å². The molecule has 0 N–H and O–H groups in total. The fraction of sp³-hybridized carbons (Fsp3) is 0.818. The molecule has 4 heteroatoms. The molecule has 0 aromatic rings. The van der Waals surface area contributed by atoms with Gasteiger partial charge in [0.25, 0.3) is 0 Å². The average Bonchev–Trinajstić information content (AvgIpc) is 2.22. The molecule has 1 rings (SSSR count). The lowest BCUT2D eigenvalue weighted by Crippen LogP contribution is -2.46. The first kappa shape index (κ1) is 12.2. The van der Waals surface area contributed by atoms with Crippen molar-refractivity contribution in [3.8, 4) is 0 Å². The number of ketones is 1. The third kappa shape index (κ3) is 2.78. The lowest BCUT2D eigenvalue weighted by atomic mass is 9.86. The zero-order valence-corrected chi connectivity index (χ0v) is 9.38. The Hall–Kier alpha value is -0.900. The number of carbonyl (C=O) groups excluding carboxylic acids is 2. The molecule has 0 aromatic carbocycles. The standard InChI is InChI=1S/C11H18O4/c1-3-11(8-10(13)14-4-2)9(12)6-5-7-15-11/h3-8H2,1-2H3. The zero-order valence-electron chi connectivity index (χ0n) is 9.38. The first-order valence-electron chi connectivity index (χ1n) is 5.47. The molecule has 0 bridgehead atoms. The molecule has 0 aliphatic carbocycles. The van der Waals surface area contributed by atoms with Gasteiger partial charge in [0.1, 0.15) is 5.60 Å². The Kier molecular flexibility index (Phi) is 4.27. The molecular weight excluding hydrogens is 196 g/mol. The maximum atomic E-state index is 11.8. The minimum Gasteiger partial charge on any atom is -0.466 e. The van der Waals surface area contributed by atoms with Crippen LogP contribution in [0.15, 0.2) is 0 Å². The summed E-state index contributed by atoms with van der Waals surface area (Å²) >= 11 is 0. The van der Waals surface area contributed by atoms with Crippen LogP contribution in [-0.4, -0.2) is 30.6 Å². The predicted molar refractivity (Wildman–Crippen MR) is 54.5 cm³/mol. The number of ether oxygens (including phenoxy) is 2. The summed E-state index contributed by atoms with van der Waals surface area (Å²) in [6.07, 6.45) is 1.84. The Morgan fingerprint density at radius 1 is 1.53 bits per heavy atom. The van der Waals surface area contributed by atoms with Gasteiger partial charge in [0, 0.05) is 13.0 Å². The molecule has 0 radical (unpaired) electrons. The van der Waals surface area contributed by atoms with E-state index in [1.807, 2.05) is 6.92 Å². The van der Waals surface area contributed by atoms with Crippen molar-refractivity contribution in [1.29, 1.82) is 0 Å². The van der Waals surface area contributed by atoms with Gasteiger partial charge < -0.3 is 9.47 Å². The minimum atomic E-state index is -0.912. The number of hydrogen-bond donors (Lipinski definition) is 0. The number of hydrogen-bond acceptors (Lipinski definition) is 4. The van der Waals surface area contributed by atoms with Gasteiger partial charge in [-0.2, -0.15) is 0 Å². The van der Waals surface area contributed by atoms with Crippen LogP contribution >= 0.6 is 0 Å². The highest BCUT2D eigenvalue weighted by Gasteiger charge is 2.41. The van der Waals surface area contributed by atoms with Crippen LogP contribution in [0, 0.1) is 0 Å². The van der Waals surface area contributed by atoms with E-state index in [0.717, 1.165) is 6.42 Å². The van der Waals surface area contributed by atoms with Crippen LogP contribution in [0.4, 0.5) is 0 Å². The molecule has 1 aliphatic heterocycles.